The summed E-state index contributed by atoms with van der Waals surface area (Å²) in [6.07, 6.45) is -1.02. The number of nitrogens with one attached hydrogen (secondary N) is 1. The number of ether oxygens (including phenoxy) is 3. The Bertz CT molecular complexity index is 940. The minimum Gasteiger partial charge on any atom is -0.453 e. The van der Waals surface area contributed by atoms with Crippen LogP contribution in [0.5, 0.6) is 0 Å². The second kappa shape index (κ2) is 7.90. The Hall–Kier alpha value is -2.05. The molecule has 3 rings (SSSR count). The lowest BCUT2D eigenvalue weighted by Gasteiger charge is -2.30. The molecule has 8 nitrogen and oxygen atoms in total. The van der Waals surface area contributed by atoms with Gasteiger partial charge in [-0.3, -0.25) is 14.3 Å². The van der Waals surface area contributed by atoms with E-state index in [-0.39, 0.29) is 10.8 Å². The van der Waals surface area contributed by atoms with E-state index in [4.69, 9.17) is 14.2 Å². The Labute approximate surface area is 166 Å². The fraction of sp³-hybridized carbons (Fsp3) is 0.353. The van der Waals surface area contributed by atoms with Gasteiger partial charge in [0, 0.05) is 13.5 Å². The average molecular weight is 490 g/mol. The maximum atomic E-state index is 13.6. The first-order valence-corrected chi connectivity index (χ1v) is 9.48. The highest BCUT2D eigenvalue weighted by Crippen LogP contribution is 2.40. The third-order valence-electron chi connectivity index (χ3n) is 4.27. The highest BCUT2D eigenvalue weighted by molar-refractivity contribution is 14.1. The standard InChI is InChI=1S/C17H16FIN2O6/c1-25-17(9-19)12(26-15(23)10-5-3-2-4-6-10)7-13(27-17)21-8-11(18)14(22)20-16(21)24/h2-6,8,12-13H,7,9H2,1H3,(H,20,22,24)/t12-,13+,17+/m0/s1. The fourth-order valence-electron chi connectivity index (χ4n) is 2.82. The van der Waals surface area contributed by atoms with Crippen molar-refractivity contribution in [2.45, 2.75) is 24.5 Å². The van der Waals surface area contributed by atoms with E-state index in [1.807, 2.05) is 27.6 Å². The number of esters is 1. The van der Waals surface area contributed by atoms with Gasteiger partial charge in [0.25, 0.3) is 5.56 Å². The Balaban J connectivity index is 1.90. The molecule has 0 amide bonds. The van der Waals surface area contributed by atoms with Crippen LogP contribution in [0.3, 0.4) is 0 Å². The number of nitrogens with zero attached hydrogens (tertiary/aromatic N) is 1. The maximum Gasteiger partial charge on any atom is 0.338 e. The van der Waals surface area contributed by atoms with Crippen molar-refractivity contribution in [1.82, 2.24) is 9.55 Å². The van der Waals surface area contributed by atoms with Crippen LogP contribution in [0.1, 0.15) is 23.0 Å². The lowest BCUT2D eigenvalue weighted by atomic mass is 10.1. The Kier molecular flexibility index (Phi) is 5.77. The van der Waals surface area contributed by atoms with Crippen LogP contribution in [0, 0.1) is 5.82 Å². The summed E-state index contributed by atoms with van der Waals surface area (Å²) in [7, 11) is 1.39. The van der Waals surface area contributed by atoms with Crippen LogP contribution in [0.4, 0.5) is 4.39 Å². The molecule has 0 aliphatic carbocycles. The molecule has 1 saturated heterocycles. The number of rotatable bonds is 5. The van der Waals surface area contributed by atoms with Crippen LogP contribution < -0.4 is 11.2 Å². The molecule has 0 bridgehead atoms. The number of methoxy groups -OCH3 is 1. The van der Waals surface area contributed by atoms with E-state index < -0.39 is 41.2 Å². The van der Waals surface area contributed by atoms with E-state index in [1.54, 1.807) is 30.3 Å². The SMILES string of the molecule is CO[C@]1(CI)O[C@@H](n2cc(F)c(=O)[nH]c2=O)C[C@@H]1OC(=O)c1ccccc1. The number of carbonyl (C=O) groups excluding carboxylic acids is 1. The van der Waals surface area contributed by atoms with E-state index in [1.165, 1.54) is 7.11 Å². The number of H-pyrrole nitrogens is 1. The molecular weight excluding hydrogens is 474 g/mol. The smallest absolute Gasteiger partial charge is 0.338 e. The molecule has 0 radical (unpaired) electrons. The normalized spacial score (nSPS) is 24.7. The van der Waals surface area contributed by atoms with Crippen molar-refractivity contribution in [3.63, 3.8) is 0 Å². The second-order valence-corrected chi connectivity index (χ2v) is 6.62. The molecule has 1 fully saturated rings. The summed E-state index contributed by atoms with van der Waals surface area (Å²) in [4.78, 5) is 37.6. The van der Waals surface area contributed by atoms with Crippen LogP contribution in [0.15, 0.2) is 46.1 Å². The van der Waals surface area contributed by atoms with Gasteiger partial charge in [0.15, 0.2) is 6.10 Å². The number of halogens is 2. The van der Waals surface area contributed by atoms with E-state index in [0.29, 0.717) is 5.56 Å². The third-order valence-corrected chi connectivity index (χ3v) is 5.33. The number of alkyl halides is 1. The molecule has 0 saturated carbocycles. The Morgan fingerprint density at radius 1 is 1.41 bits per heavy atom. The van der Waals surface area contributed by atoms with Crippen molar-refractivity contribution >= 4 is 28.6 Å². The second-order valence-electron chi connectivity index (χ2n) is 5.86. The Morgan fingerprint density at radius 3 is 2.74 bits per heavy atom. The van der Waals surface area contributed by atoms with Gasteiger partial charge in [-0.15, -0.1) is 0 Å². The zero-order valence-electron chi connectivity index (χ0n) is 14.2. The van der Waals surface area contributed by atoms with Crippen LogP contribution in [-0.2, 0) is 14.2 Å². The van der Waals surface area contributed by atoms with Gasteiger partial charge < -0.3 is 14.2 Å². The first kappa shape index (κ1) is 19.7. The topological polar surface area (TPSA) is 99.6 Å². The largest absolute Gasteiger partial charge is 0.453 e. The van der Waals surface area contributed by atoms with E-state index in [2.05, 4.69) is 0 Å². The summed E-state index contributed by atoms with van der Waals surface area (Å²) in [5.41, 5.74) is -1.60. The minimum atomic E-state index is -1.32. The first-order chi connectivity index (χ1) is 12.9. The average Bonchev–Trinajstić information content (AvgIpc) is 3.04. The van der Waals surface area contributed by atoms with Gasteiger partial charge in [0.05, 0.1) is 16.2 Å². The number of aromatic amines is 1. The summed E-state index contributed by atoms with van der Waals surface area (Å²) in [6.45, 7) is 0. The van der Waals surface area contributed by atoms with Crippen molar-refractivity contribution in [3.8, 4) is 0 Å². The molecule has 1 N–H and O–H groups in total. The molecule has 2 aromatic rings. The van der Waals surface area contributed by atoms with Gasteiger partial charge in [0.1, 0.15) is 6.23 Å². The number of hydrogen-bond acceptors (Lipinski definition) is 6. The third kappa shape index (κ3) is 3.82. The zero-order valence-corrected chi connectivity index (χ0v) is 16.3. The zero-order chi connectivity index (χ0) is 19.6. The van der Waals surface area contributed by atoms with Crippen molar-refractivity contribution in [2.75, 3.05) is 11.5 Å². The number of benzene rings is 1. The maximum absolute atomic E-state index is 13.6. The van der Waals surface area contributed by atoms with Crippen LogP contribution >= 0.6 is 22.6 Å². The lowest BCUT2D eigenvalue weighted by molar-refractivity contribution is -0.237. The predicted molar refractivity (Wildman–Crippen MR) is 100 cm³/mol. The van der Waals surface area contributed by atoms with Gasteiger partial charge in [-0.2, -0.15) is 4.39 Å². The first-order valence-electron chi connectivity index (χ1n) is 7.96. The molecule has 1 aliphatic rings. The molecule has 2 heterocycles. The molecular formula is C17H16FIN2O6. The molecule has 10 heteroatoms. The predicted octanol–water partition coefficient (Wildman–Crippen LogP) is 1.60. The minimum absolute atomic E-state index is 0.0425. The van der Waals surface area contributed by atoms with Gasteiger partial charge in [-0.25, -0.2) is 9.59 Å². The van der Waals surface area contributed by atoms with Crippen molar-refractivity contribution in [3.05, 3.63) is 68.7 Å². The van der Waals surface area contributed by atoms with Crippen LogP contribution in [0.2, 0.25) is 0 Å². The summed E-state index contributed by atoms with van der Waals surface area (Å²) in [5, 5.41) is 0. The molecule has 0 spiro atoms. The molecule has 1 aromatic carbocycles. The quantitative estimate of drug-likeness (QED) is 0.389. The van der Waals surface area contributed by atoms with Crippen LogP contribution in [-0.4, -0.2) is 38.9 Å². The molecule has 3 atom stereocenters. The highest BCUT2D eigenvalue weighted by Gasteiger charge is 2.52. The molecule has 1 aromatic heterocycles. The number of carbonyl (C=O) groups is 1. The number of aromatic nitrogens is 2. The van der Waals surface area contributed by atoms with E-state index in [0.717, 1.165) is 10.8 Å². The van der Waals surface area contributed by atoms with Gasteiger partial charge in [0.2, 0.25) is 11.6 Å². The van der Waals surface area contributed by atoms with E-state index in [9.17, 15) is 18.8 Å². The molecule has 27 heavy (non-hydrogen) atoms. The van der Waals surface area contributed by atoms with Crippen molar-refractivity contribution in [1.29, 1.82) is 0 Å². The van der Waals surface area contributed by atoms with Gasteiger partial charge in [-0.05, 0) is 12.1 Å². The molecule has 0 unspecified atom stereocenters. The van der Waals surface area contributed by atoms with Crippen LogP contribution in [0.25, 0.3) is 0 Å². The summed E-state index contributed by atoms with van der Waals surface area (Å²) < 4.78 is 31.7. The summed E-state index contributed by atoms with van der Waals surface area (Å²) in [6, 6.07) is 8.39. The van der Waals surface area contributed by atoms with Crippen molar-refractivity contribution in [2.24, 2.45) is 0 Å². The highest BCUT2D eigenvalue weighted by atomic mass is 127. The molecule has 144 valence electrons. The van der Waals surface area contributed by atoms with Crippen molar-refractivity contribution < 1.29 is 23.4 Å². The van der Waals surface area contributed by atoms with Gasteiger partial charge in [-0.1, -0.05) is 40.8 Å². The molecule has 1 aliphatic heterocycles. The lowest BCUT2D eigenvalue weighted by Crippen LogP contribution is -2.45. The van der Waals surface area contributed by atoms with E-state index >= 15 is 0 Å². The Morgan fingerprint density at radius 2 is 2.11 bits per heavy atom. The summed E-state index contributed by atoms with van der Waals surface area (Å²) in [5.74, 6) is -3.02. The monoisotopic (exact) mass is 490 g/mol. The number of hydrogen-bond donors (Lipinski definition) is 1. The summed E-state index contributed by atoms with van der Waals surface area (Å²) >= 11 is 2.01. The van der Waals surface area contributed by atoms with Gasteiger partial charge >= 0.3 is 11.7 Å². The fourth-order valence-corrected chi connectivity index (χ4v) is 3.81.